The number of hydrogen-bond donors (Lipinski definition) is 0. The third-order valence-electron chi connectivity index (χ3n) is 4.68. The average molecular weight is 376 g/mol. The maximum Gasteiger partial charge on any atom is 0.268 e. The fourth-order valence-corrected chi connectivity index (χ4v) is 4.93. The second-order valence-corrected chi connectivity index (χ2v) is 8.75. The molecule has 4 heterocycles. The first-order valence-electron chi connectivity index (χ1n) is 8.61. The van der Waals surface area contributed by atoms with Crippen LogP contribution in [0.4, 0.5) is 5.82 Å². The molecule has 0 aliphatic carbocycles. The average Bonchev–Trinajstić information content (AvgIpc) is 3.00. The van der Waals surface area contributed by atoms with E-state index in [9.17, 15) is 13.2 Å². The Morgan fingerprint density at radius 3 is 2.81 bits per heavy atom. The van der Waals surface area contributed by atoms with Crippen LogP contribution in [0.3, 0.4) is 0 Å². The van der Waals surface area contributed by atoms with Crippen molar-refractivity contribution in [1.82, 2.24) is 9.38 Å². The van der Waals surface area contributed by atoms with Crippen molar-refractivity contribution in [3.8, 4) is 0 Å². The number of ether oxygens (including phenoxy) is 1. The van der Waals surface area contributed by atoms with Crippen molar-refractivity contribution in [2.24, 2.45) is 4.99 Å². The van der Waals surface area contributed by atoms with E-state index in [1.165, 1.54) is 10.6 Å². The summed E-state index contributed by atoms with van der Waals surface area (Å²) >= 11 is 0. The van der Waals surface area contributed by atoms with Crippen LogP contribution in [0, 0.1) is 0 Å². The monoisotopic (exact) mass is 376 g/mol. The van der Waals surface area contributed by atoms with Crippen molar-refractivity contribution >= 4 is 27.5 Å². The lowest BCUT2D eigenvalue weighted by molar-refractivity contribution is 0.122. The molecule has 0 radical (unpaired) electrons. The number of morpholine rings is 1. The van der Waals surface area contributed by atoms with Gasteiger partial charge in [0, 0.05) is 25.5 Å². The lowest BCUT2D eigenvalue weighted by Gasteiger charge is -2.28. The maximum absolute atomic E-state index is 13.0. The van der Waals surface area contributed by atoms with Gasteiger partial charge in [-0.2, -0.15) is 0 Å². The maximum atomic E-state index is 13.0. The summed E-state index contributed by atoms with van der Waals surface area (Å²) in [5.41, 5.74) is 0.751. The smallest absolute Gasteiger partial charge is 0.268 e. The number of hydrogen-bond acceptors (Lipinski definition) is 7. The molecule has 2 aliphatic rings. The third kappa shape index (κ3) is 3.36. The number of anilines is 1. The van der Waals surface area contributed by atoms with Crippen molar-refractivity contribution in [2.75, 3.05) is 42.7 Å². The summed E-state index contributed by atoms with van der Waals surface area (Å²) in [6.45, 7) is 2.45. The lowest BCUT2D eigenvalue weighted by Crippen LogP contribution is -2.39. The molecule has 0 saturated carbocycles. The van der Waals surface area contributed by atoms with Crippen molar-refractivity contribution in [3.05, 3.63) is 40.3 Å². The van der Waals surface area contributed by atoms with Crippen molar-refractivity contribution in [2.45, 2.75) is 12.5 Å². The summed E-state index contributed by atoms with van der Waals surface area (Å²) < 4.78 is 30.1. The summed E-state index contributed by atoms with van der Waals surface area (Å²) in [6, 6.07) is 5.10. The minimum atomic E-state index is -3.01. The summed E-state index contributed by atoms with van der Waals surface area (Å²) in [6.07, 6.45) is 3.67. The summed E-state index contributed by atoms with van der Waals surface area (Å²) in [5, 5.41) is 0. The Bertz CT molecular complexity index is 1010. The van der Waals surface area contributed by atoms with Crippen molar-refractivity contribution in [1.29, 1.82) is 0 Å². The molecule has 0 unspecified atom stereocenters. The van der Waals surface area contributed by atoms with E-state index in [2.05, 4.69) is 9.98 Å². The molecule has 4 rings (SSSR count). The molecule has 2 aromatic heterocycles. The number of nitrogens with zero attached hydrogens (tertiary/aromatic N) is 4. The fourth-order valence-electron chi connectivity index (χ4n) is 3.29. The third-order valence-corrected chi connectivity index (χ3v) is 6.43. The van der Waals surface area contributed by atoms with Crippen LogP contribution in [0.2, 0.25) is 0 Å². The molecule has 0 aromatic carbocycles. The topological polar surface area (TPSA) is 93.3 Å². The van der Waals surface area contributed by atoms with Crippen LogP contribution in [0.15, 0.2) is 34.2 Å². The number of fused-ring (bicyclic) bond motifs is 1. The van der Waals surface area contributed by atoms with Crippen LogP contribution >= 0.6 is 0 Å². The molecule has 138 valence electrons. The second-order valence-electron chi connectivity index (χ2n) is 6.52. The molecule has 2 fully saturated rings. The number of rotatable bonds is 3. The molecular weight excluding hydrogens is 356 g/mol. The van der Waals surface area contributed by atoms with Gasteiger partial charge in [-0.3, -0.25) is 14.2 Å². The molecule has 0 bridgehead atoms. The van der Waals surface area contributed by atoms with Gasteiger partial charge in [0.15, 0.2) is 9.84 Å². The number of aliphatic imine (C=N–C) groups is 1. The van der Waals surface area contributed by atoms with Gasteiger partial charge in [0.05, 0.1) is 30.8 Å². The highest BCUT2D eigenvalue weighted by molar-refractivity contribution is 7.91. The lowest BCUT2D eigenvalue weighted by atomic mass is 10.2. The predicted octanol–water partition coefficient (Wildman–Crippen LogP) is 0.137. The Labute approximate surface area is 151 Å². The van der Waals surface area contributed by atoms with E-state index in [1.54, 1.807) is 18.3 Å². The minimum Gasteiger partial charge on any atom is -0.378 e. The molecule has 2 aliphatic heterocycles. The molecule has 0 spiro atoms. The zero-order valence-corrected chi connectivity index (χ0v) is 15.1. The van der Waals surface area contributed by atoms with Crippen LogP contribution in [-0.2, 0) is 14.6 Å². The SMILES string of the molecule is O=c1c(C=N[C@H]2CCS(=O)(=O)C2)c(N2CCOCC2)nc2ccccn12. The quantitative estimate of drug-likeness (QED) is 0.708. The van der Waals surface area contributed by atoms with Gasteiger partial charge in [-0.1, -0.05) is 6.07 Å². The van der Waals surface area contributed by atoms with Crippen LogP contribution in [0.5, 0.6) is 0 Å². The molecule has 1 atom stereocenters. The molecule has 8 nitrogen and oxygen atoms in total. The summed E-state index contributed by atoms with van der Waals surface area (Å²) in [7, 11) is -3.01. The van der Waals surface area contributed by atoms with Crippen LogP contribution in [0.1, 0.15) is 12.0 Å². The van der Waals surface area contributed by atoms with E-state index in [0.29, 0.717) is 49.8 Å². The Morgan fingerprint density at radius 1 is 1.27 bits per heavy atom. The largest absolute Gasteiger partial charge is 0.378 e. The van der Waals surface area contributed by atoms with Gasteiger partial charge in [0.2, 0.25) is 0 Å². The number of sulfone groups is 1. The minimum absolute atomic E-state index is 0.0404. The van der Waals surface area contributed by atoms with Gasteiger partial charge in [-0.25, -0.2) is 13.4 Å². The Kier molecular flexibility index (Phi) is 4.49. The standard InChI is InChI=1S/C17H20N4O4S/c22-17-14(11-18-13-4-10-26(23,24)12-13)16(20-6-8-25-9-7-20)19-15-3-1-2-5-21(15)17/h1-3,5,11,13H,4,6-10,12H2/t13-/m0/s1. The molecular formula is C17H20N4O4S. The van der Waals surface area contributed by atoms with Crippen molar-refractivity contribution < 1.29 is 13.2 Å². The predicted molar refractivity (Wildman–Crippen MR) is 99.1 cm³/mol. The van der Waals surface area contributed by atoms with Gasteiger partial charge < -0.3 is 9.64 Å². The Morgan fingerprint density at radius 2 is 2.08 bits per heavy atom. The van der Waals surface area contributed by atoms with Crippen LogP contribution in [0.25, 0.3) is 5.65 Å². The Balaban J connectivity index is 1.78. The van der Waals surface area contributed by atoms with E-state index in [4.69, 9.17) is 4.74 Å². The van der Waals surface area contributed by atoms with Gasteiger partial charge in [-0.05, 0) is 18.6 Å². The van der Waals surface area contributed by atoms with E-state index in [0.717, 1.165) is 0 Å². The highest BCUT2D eigenvalue weighted by Gasteiger charge is 2.27. The number of pyridine rings is 1. The highest BCUT2D eigenvalue weighted by atomic mass is 32.2. The first-order valence-corrected chi connectivity index (χ1v) is 10.4. The van der Waals surface area contributed by atoms with Gasteiger partial charge in [0.1, 0.15) is 17.0 Å². The van der Waals surface area contributed by atoms with Crippen LogP contribution < -0.4 is 10.5 Å². The first kappa shape index (κ1) is 17.2. The summed E-state index contributed by atoms with van der Waals surface area (Å²) in [4.78, 5) is 24.1. The molecule has 9 heteroatoms. The van der Waals surface area contributed by atoms with E-state index in [-0.39, 0.29) is 23.1 Å². The first-order chi connectivity index (χ1) is 12.5. The molecule has 0 N–H and O–H groups in total. The van der Waals surface area contributed by atoms with E-state index >= 15 is 0 Å². The van der Waals surface area contributed by atoms with Gasteiger partial charge in [-0.15, -0.1) is 0 Å². The zero-order chi connectivity index (χ0) is 18.1. The fraction of sp³-hybridized carbons (Fsp3) is 0.471. The van der Waals surface area contributed by atoms with Gasteiger partial charge in [0.25, 0.3) is 5.56 Å². The summed E-state index contributed by atoms with van der Waals surface area (Å²) in [5.74, 6) is 0.771. The van der Waals surface area contributed by atoms with Crippen LogP contribution in [-0.4, -0.2) is 67.9 Å². The Hall–Kier alpha value is -2.26. The number of aromatic nitrogens is 2. The van der Waals surface area contributed by atoms with Crippen molar-refractivity contribution in [3.63, 3.8) is 0 Å². The molecule has 2 aromatic rings. The van der Waals surface area contributed by atoms with Gasteiger partial charge >= 0.3 is 0 Å². The highest BCUT2D eigenvalue weighted by Crippen LogP contribution is 2.18. The van der Waals surface area contributed by atoms with E-state index < -0.39 is 9.84 Å². The molecule has 2 saturated heterocycles. The molecule has 0 amide bonds. The normalized spacial score (nSPS) is 23.1. The molecule has 26 heavy (non-hydrogen) atoms. The zero-order valence-electron chi connectivity index (χ0n) is 14.2. The van der Waals surface area contributed by atoms with E-state index in [1.807, 2.05) is 11.0 Å². The second kappa shape index (κ2) is 6.81.